The summed E-state index contributed by atoms with van der Waals surface area (Å²) in [6.07, 6.45) is 6.62. The van der Waals surface area contributed by atoms with Gasteiger partial charge in [-0.3, -0.25) is 4.90 Å². The lowest BCUT2D eigenvalue weighted by Crippen LogP contribution is -2.67. The summed E-state index contributed by atoms with van der Waals surface area (Å²) >= 11 is 0. The van der Waals surface area contributed by atoms with Crippen LogP contribution in [0.3, 0.4) is 0 Å². The summed E-state index contributed by atoms with van der Waals surface area (Å²) < 4.78 is 0. The lowest BCUT2D eigenvalue weighted by molar-refractivity contribution is -0.0469. The number of nitrogens with one attached hydrogen (secondary N) is 1. The van der Waals surface area contributed by atoms with Crippen LogP contribution in [-0.2, 0) is 0 Å². The summed E-state index contributed by atoms with van der Waals surface area (Å²) in [7, 11) is 6.63. The summed E-state index contributed by atoms with van der Waals surface area (Å²) in [5.41, 5.74) is 1.30. The lowest BCUT2D eigenvalue weighted by Gasteiger charge is -2.56. The van der Waals surface area contributed by atoms with Gasteiger partial charge in [0, 0.05) is 22.2 Å². The van der Waals surface area contributed by atoms with Crippen molar-refractivity contribution in [3.8, 4) is 0 Å². The molecule has 1 N–H and O–H groups in total. The van der Waals surface area contributed by atoms with Gasteiger partial charge < -0.3 is 10.2 Å². The molecule has 2 aliphatic heterocycles. The monoisotopic (exact) mass is 325 g/mol. The molecule has 23 heavy (non-hydrogen) atoms. The van der Waals surface area contributed by atoms with E-state index in [-0.39, 0.29) is 5.54 Å². The zero-order valence-electron chi connectivity index (χ0n) is 17.6. The average Bonchev–Trinajstić information content (AvgIpc) is 2.34. The predicted octanol–water partition coefficient (Wildman–Crippen LogP) is 4.13. The molecule has 1 unspecified atom stereocenters. The van der Waals surface area contributed by atoms with Crippen LogP contribution in [0.4, 0.5) is 0 Å². The fourth-order valence-electron chi connectivity index (χ4n) is 4.44. The third-order valence-electron chi connectivity index (χ3n) is 6.70. The Bertz CT molecular complexity index is 370. The molecule has 3 nitrogen and oxygen atoms in total. The van der Waals surface area contributed by atoms with Crippen molar-refractivity contribution >= 4 is 0 Å². The molecule has 2 heterocycles. The third kappa shape index (κ3) is 4.93. The Kier molecular flexibility index (Phi) is 6.38. The second kappa shape index (κ2) is 7.01. The Morgan fingerprint density at radius 3 is 1.57 bits per heavy atom. The predicted molar refractivity (Wildman–Crippen MR) is 103 cm³/mol. The standard InChI is InChI=1S/C11H24N2.C9H19N/c1-10(2)11(3,12(4)5)8-7-9-13(10)6;1-8(2)6-5-7-9(3,4)10-8/h7-9H2,1-6H3;10H,5-7H2,1-4H3. The smallest absolute Gasteiger partial charge is 0.0354 e. The van der Waals surface area contributed by atoms with Crippen LogP contribution in [-0.4, -0.2) is 59.6 Å². The van der Waals surface area contributed by atoms with Crippen LogP contribution >= 0.6 is 0 Å². The minimum Gasteiger partial charge on any atom is -0.307 e. The van der Waals surface area contributed by atoms with Gasteiger partial charge in [-0.1, -0.05) is 0 Å². The zero-order valence-corrected chi connectivity index (χ0v) is 17.6. The molecular formula is C20H43N3. The lowest BCUT2D eigenvalue weighted by atomic mass is 9.72. The van der Waals surface area contributed by atoms with Crippen LogP contribution in [0.5, 0.6) is 0 Å². The number of rotatable bonds is 1. The Morgan fingerprint density at radius 2 is 1.26 bits per heavy atom. The maximum Gasteiger partial charge on any atom is 0.0354 e. The van der Waals surface area contributed by atoms with Gasteiger partial charge in [0.1, 0.15) is 0 Å². The fourth-order valence-corrected chi connectivity index (χ4v) is 4.44. The Labute approximate surface area is 146 Å². The minimum absolute atomic E-state index is 0.273. The highest BCUT2D eigenvalue weighted by Gasteiger charge is 2.47. The minimum atomic E-state index is 0.273. The molecular weight excluding hydrogens is 282 g/mol. The number of piperidine rings is 2. The van der Waals surface area contributed by atoms with Gasteiger partial charge in [0.25, 0.3) is 0 Å². The van der Waals surface area contributed by atoms with Crippen molar-refractivity contribution in [3.63, 3.8) is 0 Å². The summed E-state index contributed by atoms with van der Waals surface area (Å²) in [6.45, 7) is 17.5. The largest absolute Gasteiger partial charge is 0.307 e. The first-order chi connectivity index (χ1) is 10.2. The molecule has 0 radical (unpaired) electrons. The van der Waals surface area contributed by atoms with E-state index in [0.717, 1.165) is 0 Å². The summed E-state index contributed by atoms with van der Waals surface area (Å²) in [6, 6.07) is 0. The van der Waals surface area contributed by atoms with Gasteiger partial charge in [-0.05, 0) is 108 Å². The fraction of sp³-hybridized carbons (Fsp3) is 1.00. The van der Waals surface area contributed by atoms with Crippen molar-refractivity contribution < 1.29 is 0 Å². The molecule has 0 aliphatic carbocycles. The second-order valence-corrected chi connectivity index (χ2v) is 10.00. The Hall–Kier alpha value is -0.120. The molecule has 2 saturated heterocycles. The van der Waals surface area contributed by atoms with Gasteiger partial charge in [-0.25, -0.2) is 0 Å². The molecule has 2 rings (SSSR count). The maximum atomic E-state index is 3.63. The first-order valence-corrected chi connectivity index (χ1v) is 9.42. The van der Waals surface area contributed by atoms with E-state index in [1.165, 1.54) is 38.6 Å². The van der Waals surface area contributed by atoms with Crippen molar-refractivity contribution in [1.82, 2.24) is 15.1 Å². The Morgan fingerprint density at radius 1 is 0.783 bits per heavy atom. The van der Waals surface area contributed by atoms with E-state index in [0.29, 0.717) is 16.6 Å². The number of likely N-dealkylation sites (tertiary alicyclic amines) is 1. The van der Waals surface area contributed by atoms with Crippen molar-refractivity contribution in [1.29, 1.82) is 0 Å². The summed E-state index contributed by atoms with van der Waals surface area (Å²) in [5.74, 6) is 0. The highest BCUT2D eigenvalue weighted by molar-refractivity contribution is 5.06. The normalized spacial score (nSPS) is 33.0. The van der Waals surface area contributed by atoms with Gasteiger partial charge >= 0.3 is 0 Å². The third-order valence-corrected chi connectivity index (χ3v) is 6.70. The molecule has 1 atom stereocenters. The molecule has 0 aromatic rings. The van der Waals surface area contributed by atoms with E-state index < -0.39 is 0 Å². The summed E-state index contributed by atoms with van der Waals surface area (Å²) in [5, 5.41) is 3.63. The zero-order chi connectivity index (χ0) is 18.1. The van der Waals surface area contributed by atoms with Crippen molar-refractivity contribution in [2.45, 2.75) is 103 Å². The molecule has 3 heteroatoms. The van der Waals surface area contributed by atoms with Crippen molar-refractivity contribution in [3.05, 3.63) is 0 Å². The Balaban J connectivity index is 0.000000238. The summed E-state index contributed by atoms with van der Waals surface area (Å²) in [4.78, 5) is 4.86. The molecule has 138 valence electrons. The molecule has 0 saturated carbocycles. The van der Waals surface area contributed by atoms with Crippen LogP contribution in [0, 0.1) is 0 Å². The number of likely N-dealkylation sites (N-methyl/N-ethyl adjacent to an activating group) is 2. The topological polar surface area (TPSA) is 18.5 Å². The van der Waals surface area contributed by atoms with Crippen molar-refractivity contribution in [2.75, 3.05) is 27.7 Å². The number of hydrogen-bond donors (Lipinski definition) is 1. The molecule has 2 fully saturated rings. The van der Waals surface area contributed by atoms with Gasteiger partial charge in [0.2, 0.25) is 0 Å². The highest BCUT2D eigenvalue weighted by Crippen LogP contribution is 2.38. The first-order valence-electron chi connectivity index (χ1n) is 9.42. The van der Waals surface area contributed by atoms with Crippen molar-refractivity contribution in [2.24, 2.45) is 0 Å². The van der Waals surface area contributed by atoms with Crippen LogP contribution in [0.25, 0.3) is 0 Å². The van der Waals surface area contributed by atoms with E-state index in [4.69, 9.17) is 0 Å². The van der Waals surface area contributed by atoms with Crippen LogP contribution in [0.15, 0.2) is 0 Å². The molecule has 0 aromatic carbocycles. The SMILES string of the molecule is CC1(C)CCCC(C)(C)N1.CN1CCCC(C)(N(C)C)C1(C)C. The quantitative estimate of drug-likeness (QED) is 0.782. The molecule has 0 spiro atoms. The van der Waals surface area contributed by atoms with Gasteiger partial charge in [-0.2, -0.15) is 0 Å². The van der Waals surface area contributed by atoms with Crippen LogP contribution in [0.1, 0.15) is 80.6 Å². The molecule has 0 bridgehead atoms. The van der Waals surface area contributed by atoms with E-state index in [2.05, 4.69) is 84.7 Å². The maximum absolute atomic E-state index is 3.63. The highest BCUT2D eigenvalue weighted by atomic mass is 15.3. The van der Waals surface area contributed by atoms with E-state index in [1.54, 1.807) is 0 Å². The van der Waals surface area contributed by atoms with Crippen LogP contribution in [0.2, 0.25) is 0 Å². The van der Waals surface area contributed by atoms with Gasteiger partial charge in [0.15, 0.2) is 0 Å². The number of nitrogens with zero attached hydrogens (tertiary/aromatic N) is 2. The molecule has 2 aliphatic rings. The van der Waals surface area contributed by atoms with Gasteiger partial charge in [-0.15, -0.1) is 0 Å². The number of hydrogen-bond acceptors (Lipinski definition) is 3. The van der Waals surface area contributed by atoms with E-state index in [9.17, 15) is 0 Å². The second-order valence-electron chi connectivity index (χ2n) is 10.00. The van der Waals surface area contributed by atoms with E-state index >= 15 is 0 Å². The average molecular weight is 326 g/mol. The first kappa shape index (κ1) is 20.9. The molecule has 0 aromatic heterocycles. The van der Waals surface area contributed by atoms with Gasteiger partial charge in [0.05, 0.1) is 0 Å². The molecule has 0 amide bonds. The van der Waals surface area contributed by atoms with Crippen LogP contribution < -0.4 is 5.32 Å². The van der Waals surface area contributed by atoms with E-state index in [1.807, 2.05) is 0 Å².